The minimum absolute atomic E-state index is 0.0399. The molecule has 3 aromatic rings. The molecule has 0 saturated heterocycles. The molecule has 6 rings (SSSR count). The molecule has 0 unspecified atom stereocenters. The second-order valence-electron chi connectivity index (χ2n) is 13.7. The van der Waals surface area contributed by atoms with Crippen LogP contribution in [0, 0.1) is 17.8 Å². The van der Waals surface area contributed by atoms with Crippen molar-refractivity contribution in [2.75, 3.05) is 32.7 Å². The van der Waals surface area contributed by atoms with Gasteiger partial charge in [0.2, 0.25) is 5.79 Å². The monoisotopic (exact) mass is 726 g/mol. The first kappa shape index (κ1) is 37.8. The van der Waals surface area contributed by atoms with Crippen molar-refractivity contribution in [3.8, 4) is 17.2 Å². The summed E-state index contributed by atoms with van der Waals surface area (Å²) in [6.07, 6.45) is 15.1. The van der Waals surface area contributed by atoms with Crippen molar-refractivity contribution in [1.82, 2.24) is 4.98 Å². The number of aliphatic hydroxyl groups excluding tert-OH is 2. The summed E-state index contributed by atoms with van der Waals surface area (Å²) >= 11 is 1.84. The van der Waals surface area contributed by atoms with Gasteiger partial charge in [-0.05, 0) is 103 Å². The van der Waals surface area contributed by atoms with E-state index in [4.69, 9.17) is 19.0 Å². The third kappa shape index (κ3) is 8.31. The van der Waals surface area contributed by atoms with Crippen molar-refractivity contribution in [1.29, 1.82) is 0 Å². The van der Waals surface area contributed by atoms with Gasteiger partial charge >= 0.3 is 0 Å². The molecule has 0 amide bonds. The van der Waals surface area contributed by atoms with Crippen LogP contribution in [0.4, 0.5) is 0 Å². The molecule has 1 aliphatic heterocycles. The van der Waals surface area contributed by atoms with Crippen LogP contribution in [0.5, 0.6) is 17.2 Å². The number of hydrogen-bond donors (Lipinski definition) is 2. The molecule has 6 atom stereocenters. The maximum absolute atomic E-state index is 11.5. The molecule has 276 valence electrons. The number of oxime groups is 1. The summed E-state index contributed by atoms with van der Waals surface area (Å²) in [4.78, 5) is 21.2. The van der Waals surface area contributed by atoms with Gasteiger partial charge in [-0.25, -0.2) is 0 Å². The fourth-order valence-electron chi connectivity index (χ4n) is 8.31. The summed E-state index contributed by atoms with van der Waals surface area (Å²) in [7, 11) is 1.60. The Hall–Kier alpha value is -3.96. The van der Waals surface area contributed by atoms with Crippen LogP contribution in [0.2, 0.25) is 0 Å². The first-order valence-electron chi connectivity index (χ1n) is 18.4. The fraction of sp³-hybridized carbons (Fsp3) is 0.452. The van der Waals surface area contributed by atoms with Gasteiger partial charge in [-0.3, -0.25) is 9.78 Å². The highest BCUT2D eigenvalue weighted by Gasteiger charge is 2.63. The number of aromatic nitrogens is 1. The molecule has 2 N–H and O–H groups in total. The number of aldehydes is 1. The van der Waals surface area contributed by atoms with E-state index < -0.39 is 5.79 Å². The summed E-state index contributed by atoms with van der Waals surface area (Å²) in [5.74, 6) is 1.92. The summed E-state index contributed by atoms with van der Waals surface area (Å²) in [5.41, 5.74) is 4.79. The van der Waals surface area contributed by atoms with Crippen LogP contribution in [0.25, 0.3) is 0 Å². The van der Waals surface area contributed by atoms with Gasteiger partial charge in [-0.1, -0.05) is 42.3 Å². The average Bonchev–Trinajstić information content (AvgIpc) is 3.17. The number of unbranched alkanes of at least 4 members (excludes halogenated alkanes) is 2. The molecule has 2 aliphatic carbocycles. The van der Waals surface area contributed by atoms with Crippen LogP contribution in [0.1, 0.15) is 72.3 Å². The van der Waals surface area contributed by atoms with E-state index >= 15 is 0 Å². The van der Waals surface area contributed by atoms with Gasteiger partial charge in [-0.2, -0.15) is 11.8 Å². The highest BCUT2D eigenvalue weighted by molar-refractivity contribution is 8.00. The van der Waals surface area contributed by atoms with Crippen molar-refractivity contribution in [2.24, 2.45) is 22.9 Å². The molecule has 52 heavy (non-hydrogen) atoms. The molecule has 3 aliphatic rings. The summed E-state index contributed by atoms with van der Waals surface area (Å²) < 4.78 is 20.6. The molecular weight excluding hydrogens is 677 g/mol. The molecular formula is C42H50N2O7S. The van der Waals surface area contributed by atoms with E-state index in [1.54, 1.807) is 25.3 Å². The molecule has 9 nitrogen and oxygen atoms in total. The summed E-state index contributed by atoms with van der Waals surface area (Å²) in [6.45, 7) is 4.62. The lowest BCUT2D eigenvalue weighted by molar-refractivity contribution is -0.223. The molecule has 2 aromatic carbocycles. The Morgan fingerprint density at radius 3 is 2.58 bits per heavy atom. The van der Waals surface area contributed by atoms with Gasteiger partial charge in [0.1, 0.15) is 30.6 Å². The van der Waals surface area contributed by atoms with E-state index in [0.29, 0.717) is 30.1 Å². The maximum atomic E-state index is 11.5. The number of carbonyl (C=O) groups excluding carboxylic acids is 1. The van der Waals surface area contributed by atoms with Gasteiger partial charge in [0.05, 0.1) is 23.5 Å². The number of pyridine rings is 1. The Balaban J connectivity index is 1.49. The minimum Gasteiger partial charge on any atom is -0.460 e. The first-order valence-corrected chi connectivity index (χ1v) is 19.4. The largest absolute Gasteiger partial charge is 0.460 e. The normalized spacial score (nSPS) is 25.3. The molecule has 10 heteroatoms. The lowest BCUT2D eigenvalue weighted by atomic mass is 9.56. The molecule has 1 aromatic heterocycles. The summed E-state index contributed by atoms with van der Waals surface area (Å²) in [6, 6.07) is 17.2. The van der Waals surface area contributed by atoms with Crippen molar-refractivity contribution < 1.29 is 34.1 Å². The smallest absolute Gasteiger partial charge is 0.230 e. The average molecular weight is 727 g/mol. The van der Waals surface area contributed by atoms with Gasteiger partial charge in [-0.15, -0.1) is 6.58 Å². The number of fused-ring (bicyclic) bond motifs is 2. The van der Waals surface area contributed by atoms with Crippen LogP contribution >= 0.6 is 11.8 Å². The van der Waals surface area contributed by atoms with Gasteiger partial charge in [0, 0.05) is 49.1 Å². The number of aliphatic hydroxyl groups is 2. The standard InChI is InChI=1S/C42H50N2O7S/c1-3-22-49-42-39(52-23-17-29-15-18-43-19-16-29)27-37(44-48-2)35-25-31(10-4-6-20-45)34(12-5-7-21-46)40(41(35)42)36-26-33(13-14-38(36)51-42)50-32-11-8-9-30(24-32)28-47/h3,8-9,11,13-16,18-19,24-26,28,31,34,39-41,45-46H,1,4-7,10,12,17,20-23,27H2,2H3/t31-,34+,39-,40+,41+,42+/m0/s1. The van der Waals surface area contributed by atoms with Crippen LogP contribution in [0.15, 0.2) is 96.5 Å². The maximum Gasteiger partial charge on any atom is 0.230 e. The van der Waals surface area contributed by atoms with Crippen molar-refractivity contribution in [2.45, 2.75) is 68.3 Å². The van der Waals surface area contributed by atoms with E-state index in [0.717, 1.165) is 79.6 Å². The Morgan fingerprint density at radius 1 is 1.04 bits per heavy atom. The van der Waals surface area contributed by atoms with Crippen LogP contribution in [-0.4, -0.2) is 70.9 Å². The number of carbonyl (C=O) groups is 1. The highest BCUT2D eigenvalue weighted by atomic mass is 32.2. The molecule has 1 saturated carbocycles. The second kappa shape index (κ2) is 18.2. The number of ether oxygens (including phenoxy) is 3. The van der Waals surface area contributed by atoms with E-state index in [2.05, 4.69) is 41.0 Å². The number of allylic oxidation sites excluding steroid dienone is 1. The van der Waals surface area contributed by atoms with E-state index in [1.807, 2.05) is 48.4 Å². The Kier molecular flexibility index (Phi) is 13.2. The molecule has 1 fully saturated rings. The lowest BCUT2D eigenvalue weighted by Crippen LogP contribution is -2.64. The topological polar surface area (TPSA) is 120 Å². The first-order chi connectivity index (χ1) is 25.5. The van der Waals surface area contributed by atoms with Gasteiger partial charge in [0.25, 0.3) is 0 Å². The number of thioether (sulfide) groups is 1. The van der Waals surface area contributed by atoms with Gasteiger partial charge in [0.15, 0.2) is 0 Å². The van der Waals surface area contributed by atoms with Gasteiger partial charge < -0.3 is 29.3 Å². The number of rotatable bonds is 19. The number of hydrogen-bond acceptors (Lipinski definition) is 10. The quantitative estimate of drug-likeness (QED) is 0.0550. The zero-order valence-electron chi connectivity index (χ0n) is 29.9. The third-order valence-electron chi connectivity index (χ3n) is 10.5. The van der Waals surface area contributed by atoms with E-state index in [-0.39, 0.29) is 42.1 Å². The molecule has 0 radical (unpaired) electrons. The highest BCUT2D eigenvalue weighted by Crippen LogP contribution is 2.62. The molecule has 0 spiro atoms. The Morgan fingerprint density at radius 2 is 1.83 bits per heavy atom. The van der Waals surface area contributed by atoms with Crippen molar-refractivity contribution in [3.63, 3.8) is 0 Å². The van der Waals surface area contributed by atoms with Crippen molar-refractivity contribution >= 4 is 23.8 Å². The number of nitrogens with zero attached hydrogens (tertiary/aromatic N) is 2. The molecule has 0 bridgehead atoms. The van der Waals surface area contributed by atoms with Crippen molar-refractivity contribution in [3.05, 3.63) is 108 Å². The lowest BCUT2D eigenvalue weighted by Gasteiger charge is -2.58. The second-order valence-corrected chi connectivity index (χ2v) is 15.0. The predicted octanol–water partition coefficient (Wildman–Crippen LogP) is 7.93. The van der Waals surface area contributed by atoms with Crippen LogP contribution in [0.3, 0.4) is 0 Å². The Bertz CT molecular complexity index is 1720. The zero-order chi connectivity index (χ0) is 36.3. The Labute approximate surface area is 311 Å². The van der Waals surface area contributed by atoms with E-state index in [1.165, 1.54) is 5.56 Å². The van der Waals surface area contributed by atoms with Crippen LogP contribution < -0.4 is 9.47 Å². The minimum atomic E-state index is -1.03. The summed E-state index contributed by atoms with van der Waals surface area (Å²) in [5, 5.41) is 24.1. The van der Waals surface area contributed by atoms with E-state index in [9.17, 15) is 15.0 Å². The molecule has 2 heterocycles. The number of benzene rings is 2. The predicted molar refractivity (Wildman–Crippen MR) is 204 cm³/mol. The number of aryl methyl sites for hydroxylation is 1. The SMILES string of the molecule is C=CCO[C@@]12Oc3ccc(Oc4cccc(C=O)c4)cc3[C@H]3[C@H](CCCCO)[C@@H](CCCCO)C=C(C(=NOC)C[C@@H]1SCCc1ccncc1)[C@H]32. The fourth-order valence-corrected chi connectivity index (χ4v) is 9.71. The van der Waals surface area contributed by atoms with Crippen LogP contribution in [-0.2, 0) is 16.0 Å². The third-order valence-corrected chi connectivity index (χ3v) is 11.8. The zero-order valence-corrected chi connectivity index (χ0v) is 30.7.